The number of hydrogen-bond donors (Lipinski definition) is 2. The van der Waals surface area contributed by atoms with Gasteiger partial charge in [-0.25, -0.2) is 0 Å². The summed E-state index contributed by atoms with van der Waals surface area (Å²) in [6.45, 7) is 7.26. The first kappa shape index (κ1) is 13.8. The second-order valence-corrected chi connectivity index (χ2v) is 7.60. The zero-order chi connectivity index (χ0) is 13.7. The van der Waals surface area contributed by atoms with Crippen LogP contribution in [-0.2, 0) is 0 Å². The lowest BCUT2D eigenvalue weighted by atomic mass is 9.59. The molecule has 110 valence electrons. The molecule has 0 aromatic heterocycles. The summed E-state index contributed by atoms with van der Waals surface area (Å²) in [5.41, 5.74) is 5.74. The molecule has 3 N–H and O–H groups in total. The topological polar surface area (TPSA) is 49.5 Å². The molecule has 3 heteroatoms. The molecule has 3 atom stereocenters. The van der Waals surface area contributed by atoms with Crippen LogP contribution in [0, 0.1) is 17.3 Å². The van der Waals surface area contributed by atoms with E-state index < -0.39 is 5.60 Å². The molecule has 2 saturated carbocycles. The van der Waals surface area contributed by atoms with Gasteiger partial charge in [-0.2, -0.15) is 0 Å². The van der Waals surface area contributed by atoms with Crippen molar-refractivity contribution in [3.63, 3.8) is 0 Å². The summed E-state index contributed by atoms with van der Waals surface area (Å²) >= 11 is 0. The number of rotatable bonds is 3. The Hall–Kier alpha value is -0.120. The Balaban J connectivity index is 1.77. The van der Waals surface area contributed by atoms with Gasteiger partial charge in [-0.05, 0) is 57.8 Å². The standard InChI is InChI=1S/C16H30N2O/c1-12(2)18-7-5-16(19,6-8-18)15(11-17)10-13-3-4-14(15)9-13/h12-14,19H,3-11,17H2,1-2H3. The second-order valence-electron chi connectivity index (χ2n) is 7.60. The maximum absolute atomic E-state index is 11.3. The predicted molar refractivity (Wildman–Crippen MR) is 77.8 cm³/mol. The van der Waals surface area contributed by atoms with Gasteiger partial charge < -0.3 is 15.7 Å². The highest BCUT2D eigenvalue weighted by molar-refractivity contribution is 5.12. The van der Waals surface area contributed by atoms with Crippen LogP contribution in [0.3, 0.4) is 0 Å². The van der Waals surface area contributed by atoms with E-state index >= 15 is 0 Å². The van der Waals surface area contributed by atoms with Crippen molar-refractivity contribution in [1.82, 2.24) is 4.90 Å². The molecule has 1 aliphatic heterocycles. The molecule has 0 aromatic rings. The van der Waals surface area contributed by atoms with E-state index in [1.54, 1.807) is 0 Å². The van der Waals surface area contributed by atoms with Gasteiger partial charge >= 0.3 is 0 Å². The number of hydrogen-bond acceptors (Lipinski definition) is 3. The maximum Gasteiger partial charge on any atom is 0.0742 e. The Morgan fingerprint density at radius 3 is 2.37 bits per heavy atom. The fourth-order valence-electron chi connectivity index (χ4n) is 5.36. The van der Waals surface area contributed by atoms with Gasteiger partial charge in [-0.15, -0.1) is 0 Å². The summed E-state index contributed by atoms with van der Waals surface area (Å²) in [6.07, 6.45) is 7.04. The van der Waals surface area contributed by atoms with Gasteiger partial charge in [-0.1, -0.05) is 6.42 Å². The van der Waals surface area contributed by atoms with Crippen LogP contribution >= 0.6 is 0 Å². The number of nitrogens with zero attached hydrogens (tertiary/aromatic N) is 1. The molecular formula is C16H30N2O. The average molecular weight is 266 g/mol. The van der Waals surface area contributed by atoms with E-state index in [0.717, 1.165) is 31.8 Å². The lowest BCUT2D eigenvalue weighted by Crippen LogP contribution is -2.60. The molecule has 0 spiro atoms. The number of fused-ring (bicyclic) bond motifs is 2. The predicted octanol–water partition coefficient (Wildman–Crippen LogP) is 1.99. The van der Waals surface area contributed by atoms with Crippen LogP contribution in [0.15, 0.2) is 0 Å². The number of likely N-dealkylation sites (tertiary alicyclic amines) is 1. The molecule has 1 saturated heterocycles. The second kappa shape index (κ2) is 4.71. The van der Waals surface area contributed by atoms with Crippen molar-refractivity contribution in [3.8, 4) is 0 Å². The summed E-state index contributed by atoms with van der Waals surface area (Å²) in [6, 6.07) is 0.596. The summed E-state index contributed by atoms with van der Waals surface area (Å²) in [5.74, 6) is 1.54. The van der Waals surface area contributed by atoms with Crippen LogP contribution in [0.4, 0.5) is 0 Å². The van der Waals surface area contributed by atoms with Crippen molar-refractivity contribution in [1.29, 1.82) is 0 Å². The first-order chi connectivity index (χ1) is 9.01. The monoisotopic (exact) mass is 266 g/mol. The highest BCUT2D eigenvalue weighted by Crippen LogP contribution is 2.61. The van der Waals surface area contributed by atoms with E-state index in [1.165, 1.54) is 25.7 Å². The Labute approximate surface area is 117 Å². The SMILES string of the molecule is CC(C)N1CCC(O)(C2(CN)CC3CCC2C3)CC1. The minimum absolute atomic E-state index is 0.0407. The Kier molecular flexibility index (Phi) is 3.43. The third-order valence-electron chi connectivity index (χ3n) is 6.62. The maximum atomic E-state index is 11.3. The minimum Gasteiger partial charge on any atom is -0.389 e. The van der Waals surface area contributed by atoms with Crippen molar-refractivity contribution in [3.05, 3.63) is 0 Å². The third-order valence-corrected chi connectivity index (χ3v) is 6.62. The lowest BCUT2D eigenvalue weighted by Gasteiger charge is -2.53. The van der Waals surface area contributed by atoms with E-state index in [-0.39, 0.29) is 5.41 Å². The number of aliphatic hydroxyl groups is 1. The lowest BCUT2D eigenvalue weighted by molar-refractivity contribution is -0.143. The first-order valence-corrected chi connectivity index (χ1v) is 8.17. The van der Waals surface area contributed by atoms with Crippen molar-refractivity contribution < 1.29 is 5.11 Å². The number of nitrogens with two attached hydrogens (primary N) is 1. The van der Waals surface area contributed by atoms with Gasteiger partial charge in [0.1, 0.15) is 0 Å². The normalized spacial score (nSPS) is 42.2. The van der Waals surface area contributed by atoms with Crippen molar-refractivity contribution in [2.24, 2.45) is 23.0 Å². The van der Waals surface area contributed by atoms with E-state index in [4.69, 9.17) is 5.73 Å². The summed E-state index contributed by atoms with van der Waals surface area (Å²) in [7, 11) is 0. The highest BCUT2D eigenvalue weighted by atomic mass is 16.3. The van der Waals surface area contributed by atoms with Gasteiger partial charge in [0, 0.05) is 31.1 Å². The van der Waals surface area contributed by atoms with Crippen LogP contribution in [0.1, 0.15) is 52.4 Å². The smallest absolute Gasteiger partial charge is 0.0742 e. The average Bonchev–Trinajstić information content (AvgIpc) is 3.00. The molecule has 2 aliphatic carbocycles. The molecule has 0 amide bonds. The first-order valence-electron chi connectivity index (χ1n) is 8.17. The Bertz CT molecular complexity index is 336. The molecule has 3 nitrogen and oxygen atoms in total. The fraction of sp³-hybridized carbons (Fsp3) is 1.00. The van der Waals surface area contributed by atoms with Crippen LogP contribution in [0.5, 0.6) is 0 Å². The van der Waals surface area contributed by atoms with Gasteiger partial charge in [-0.3, -0.25) is 0 Å². The van der Waals surface area contributed by atoms with Crippen molar-refractivity contribution in [2.75, 3.05) is 19.6 Å². The fourth-order valence-corrected chi connectivity index (χ4v) is 5.36. The van der Waals surface area contributed by atoms with E-state index in [1.807, 2.05) is 0 Å². The van der Waals surface area contributed by atoms with Crippen LogP contribution in [0.25, 0.3) is 0 Å². The summed E-state index contributed by atoms with van der Waals surface area (Å²) in [5, 5.41) is 11.3. The molecule has 3 aliphatic rings. The number of piperidine rings is 1. The van der Waals surface area contributed by atoms with Crippen molar-refractivity contribution in [2.45, 2.75) is 64.0 Å². The quantitative estimate of drug-likeness (QED) is 0.821. The van der Waals surface area contributed by atoms with Gasteiger partial charge in [0.05, 0.1) is 5.60 Å². The van der Waals surface area contributed by atoms with E-state index in [2.05, 4.69) is 18.7 Å². The van der Waals surface area contributed by atoms with Gasteiger partial charge in [0.2, 0.25) is 0 Å². The molecule has 0 aromatic carbocycles. The minimum atomic E-state index is -0.493. The van der Waals surface area contributed by atoms with Crippen LogP contribution < -0.4 is 5.73 Å². The Morgan fingerprint density at radius 1 is 1.26 bits per heavy atom. The summed E-state index contributed by atoms with van der Waals surface area (Å²) < 4.78 is 0. The van der Waals surface area contributed by atoms with E-state index in [9.17, 15) is 5.11 Å². The zero-order valence-corrected chi connectivity index (χ0v) is 12.6. The molecule has 3 rings (SSSR count). The molecule has 2 bridgehead atoms. The molecule has 1 heterocycles. The van der Waals surface area contributed by atoms with Gasteiger partial charge in [0.25, 0.3) is 0 Å². The molecule has 19 heavy (non-hydrogen) atoms. The Morgan fingerprint density at radius 2 is 1.95 bits per heavy atom. The molecule has 3 fully saturated rings. The molecule has 3 unspecified atom stereocenters. The van der Waals surface area contributed by atoms with E-state index in [0.29, 0.717) is 18.5 Å². The van der Waals surface area contributed by atoms with Crippen molar-refractivity contribution >= 4 is 0 Å². The van der Waals surface area contributed by atoms with Crippen LogP contribution in [-0.4, -0.2) is 41.3 Å². The van der Waals surface area contributed by atoms with Crippen LogP contribution in [0.2, 0.25) is 0 Å². The highest BCUT2D eigenvalue weighted by Gasteiger charge is 2.60. The summed E-state index contributed by atoms with van der Waals surface area (Å²) in [4.78, 5) is 2.49. The molecule has 0 radical (unpaired) electrons. The molecular weight excluding hydrogens is 236 g/mol. The third kappa shape index (κ3) is 1.97. The van der Waals surface area contributed by atoms with Gasteiger partial charge in [0.15, 0.2) is 0 Å². The zero-order valence-electron chi connectivity index (χ0n) is 12.6. The largest absolute Gasteiger partial charge is 0.389 e.